The topological polar surface area (TPSA) is 58.4 Å². The van der Waals surface area contributed by atoms with Crippen LogP contribution in [0.2, 0.25) is 5.02 Å². The van der Waals surface area contributed by atoms with Gasteiger partial charge >= 0.3 is 0 Å². The van der Waals surface area contributed by atoms with Gasteiger partial charge in [-0.2, -0.15) is 0 Å². The number of likely N-dealkylation sites (N-methyl/N-ethyl adjacent to an activating group) is 1. The molecule has 1 saturated carbocycles. The molecule has 0 bridgehead atoms. The molecule has 0 saturated heterocycles. The first-order valence-electron chi connectivity index (χ1n) is 8.10. The normalized spacial score (nSPS) is 17.5. The first-order valence-corrected chi connectivity index (χ1v) is 8.48. The molecule has 0 heterocycles. The molecule has 5 heteroatoms. The van der Waals surface area contributed by atoms with Crippen molar-refractivity contribution in [3.05, 3.63) is 23.2 Å². The number of carbonyl (C=O) groups is 1. The van der Waals surface area contributed by atoms with Crippen molar-refractivity contribution in [2.45, 2.75) is 57.5 Å². The van der Waals surface area contributed by atoms with Crippen molar-refractivity contribution in [3.8, 4) is 0 Å². The SMILES string of the molecule is CCC(C(=O)Nc1ccc(N)cc1Cl)N(C)C1CCCCC1. The molecule has 1 fully saturated rings. The van der Waals surface area contributed by atoms with Gasteiger partial charge < -0.3 is 11.1 Å². The van der Waals surface area contributed by atoms with Gasteiger partial charge in [0.1, 0.15) is 0 Å². The molecule has 4 nitrogen and oxygen atoms in total. The molecule has 22 heavy (non-hydrogen) atoms. The quantitative estimate of drug-likeness (QED) is 0.808. The zero-order valence-electron chi connectivity index (χ0n) is 13.4. The van der Waals surface area contributed by atoms with Crippen LogP contribution in [0.4, 0.5) is 11.4 Å². The van der Waals surface area contributed by atoms with Crippen LogP contribution in [0.1, 0.15) is 45.4 Å². The van der Waals surface area contributed by atoms with E-state index in [0.29, 0.717) is 22.4 Å². The molecule has 0 aromatic heterocycles. The standard InChI is InChI=1S/C17H26ClN3O/c1-3-16(21(2)13-7-5-4-6-8-13)17(22)20-15-10-9-12(19)11-14(15)18/h9-11,13,16H,3-8,19H2,1-2H3,(H,20,22). The van der Waals surface area contributed by atoms with Crippen molar-refractivity contribution in [1.82, 2.24) is 4.90 Å². The Hall–Kier alpha value is -1.26. The van der Waals surface area contributed by atoms with Crippen LogP contribution in [0.15, 0.2) is 18.2 Å². The lowest BCUT2D eigenvalue weighted by atomic mass is 9.93. The molecular formula is C17H26ClN3O. The second kappa shape index (κ2) is 7.84. The molecule has 0 spiro atoms. The predicted molar refractivity (Wildman–Crippen MR) is 93.2 cm³/mol. The first kappa shape index (κ1) is 17.1. The van der Waals surface area contributed by atoms with Gasteiger partial charge in [0.25, 0.3) is 0 Å². The molecule has 1 atom stereocenters. The van der Waals surface area contributed by atoms with E-state index in [2.05, 4.69) is 17.3 Å². The number of carbonyl (C=O) groups excluding carboxylic acids is 1. The van der Waals surface area contributed by atoms with Crippen LogP contribution in [-0.4, -0.2) is 29.9 Å². The summed E-state index contributed by atoms with van der Waals surface area (Å²) in [6, 6.07) is 5.53. The van der Waals surface area contributed by atoms with Crippen molar-refractivity contribution >= 4 is 28.9 Å². The van der Waals surface area contributed by atoms with E-state index >= 15 is 0 Å². The lowest BCUT2D eigenvalue weighted by molar-refractivity contribution is -0.122. The molecular weight excluding hydrogens is 298 g/mol. The van der Waals surface area contributed by atoms with E-state index in [0.717, 1.165) is 6.42 Å². The van der Waals surface area contributed by atoms with Crippen LogP contribution in [0.25, 0.3) is 0 Å². The summed E-state index contributed by atoms with van der Waals surface area (Å²) >= 11 is 6.14. The van der Waals surface area contributed by atoms with Gasteiger partial charge in [-0.15, -0.1) is 0 Å². The molecule has 1 aliphatic rings. The lowest BCUT2D eigenvalue weighted by Crippen LogP contribution is -2.47. The van der Waals surface area contributed by atoms with Gasteiger partial charge in [0.05, 0.1) is 16.8 Å². The van der Waals surface area contributed by atoms with Crippen LogP contribution in [0.5, 0.6) is 0 Å². The third-order valence-electron chi connectivity index (χ3n) is 4.58. The van der Waals surface area contributed by atoms with E-state index in [9.17, 15) is 4.79 Å². The second-order valence-corrected chi connectivity index (χ2v) is 6.52. The van der Waals surface area contributed by atoms with Gasteiger partial charge in [-0.05, 0) is 44.5 Å². The third kappa shape index (κ3) is 4.14. The summed E-state index contributed by atoms with van der Waals surface area (Å²) in [6.07, 6.45) is 6.99. The van der Waals surface area contributed by atoms with Crippen LogP contribution in [0, 0.1) is 0 Å². The minimum Gasteiger partial charge on any atom is -0.399 e. The summed E-state index contributed by atoms with van der Waals surface area (Å²) in [7, 11) is 2.06. The number of nitrogens with zero attached hydrogens (tertiary/aromatic N) is 1. The number of anilines is 2. The Morgan fingerprint density at radius 3 is 2.68 bits per heavy atom. The highest BCUT2D eigenvalue weighted by molar-refractivity contribution is 6.34. The minimum atomic E-state index is -0.128. The highest BCUT2D eigenvalue weighted by Gasteiger charge is 2.28. The van der Waals surface area contributed by atoms with Crippen molar-refractivity contribution in [3.63, 3.8) is 0 Å². The number of rotatable bonds is 5. The maximum Gasteiger partial charge on any atom is 0.241 e. The number of nitrogens with one attached hydrogen (secondary N) is 1. The third-order valence-corrected chi connectivity index (χ3v) is 4.90. The molecule has 1 aliphatic carbocycles. The molecule has 1 aromatic rings. The van der Waals surface area contributed by atoms with Gasteiger partial charge in [0, 0.05) is 11.7 Å². The Morgan fingerprint density at radius 1 is 1.41 bits per heavy atom. The molecule has 1 aromatic carbocycles. The smallest absolute Gasteiger partial charge is 0.241 e. The molecule has 122 valence electrons. The van der Waals surface area contributed by atoms with Crippen molar-refractivity contribution in [1.29, 1.82) is 0 Å². The van der Waals surface area contributed by atoms with E-state index in [4.69, 9.17) is 17.3 Å². The van der Waals surface area contributed by atoms with Crippen LogP contribution >= 0.6 is 11.6 Å². The van der Waals surface area contributed by atoms with Crippen LogP contribution in [-0.2, 0) is 4.79 Å². The fourth-order valence-electron chi connectivity index (χ4n) is 3.25. The average Bonchev–Trinajstić information content (AvgIpc) is 2.51. The number of nitrogen functional groups attached to an aromatic ring is 1. The Morgan fingerprint density at radius 2 is 2.09 bits per heavy atom. The average molecular weight is 324 g/mol. The molecule has 0 radical (unpaired) electrons. The summed E-state index contributed by atoms with van der Waals surface area (Å²) < 4.78 is 0. The van der Waals surface area contributed by atoms with Gasteiger partial charge in [0.15, 0.2) is 0 Å². The maximum absolute atomic E-state index is 12.6. The van der Waals surface area contributed by atoms with Gasteiger partial charge in [-0.3, -0.25) is 9.69 Å². The molecule has 3 N–H and O–H groups in total. The number of halogens is 1. The Labute approximate surface area is 138 Å². The van der Waals surface area contributed by atoms with E-state index in [1.807, 2.05) is 6.92 Å². The zero-order chi connectivity index (χ0) is 16.1. The lowest BCUT2D eigenvalue weighted by Gasteiger charge is -2.36. The fraction of sp³-hybridized carbons (Fsp3) is 0.588. The monoisotopic (exact) mass is 323 g/mol. The molecule has 0 aliphatic heterocycles. The van der Waals surface area contributed by atoms with Gasteiger partial charge in [0.2, 0.25) is 5.91 Å². The second-order valence-electron chi connectivity index (χ2n) is 6.11. The highest BCUT2D eigenvalue weighted by atomic mass is 35.5. The van der Waals surface area contributed by atoms with Gasteiger partial charge in [-0.1, -0.05) is 37.8 Å². The number of amides is 1. The fourth-order valence-corrected chi connectivity index (χ4v) is 3.49. The first-order chi connectivity index (χ1) is 10.5. The summed E-state index contributed by atoms with van der Waals surface area (Å²) in [5.74, 6) is 0.00208. The maximum atomic E-state index is 12.6. The minimum absolute atomic E-state index is 0.00208. The summed E-state index contributed by atoms with van der Waals surface area (Å²) in [5.41, 5.74) is 6.90. The number of nitrogens with two attached hydrogens (primary N) is 1. The molecule has 1 amide bonds. The summed E-state index contributed by atoms with van der Waals surface area (Å²) in [6.45, 7) is 2.05. The van der Waals surface area contributed by atoms with E-state index in [1.165, 1.54) is 32.1 Å². The van der Waals surface area contributed by atoms with Crippen molar-refractivity contribution in [2.75, 3.05) is 18.1 Å². The number of hydrogen-bond donors (Lipinski definition) is 2. The predicted octanol–water partition coefficient (Wildman–Crippen LogP) is 3.90. The Bertz CT molecular complexity index is 515. The van der Waals surface area contributed by atoms with Crippen LogP contribution < -0.4 is 11.1 Å². The largest absolute Gasteiger partial charge is 0.399 e. The summed E-state index contributed by atoms with van der Waals surface area (Å²) in [4.78, 5) is 14.9. The van der Waals surface area contributed by atoms with Crippen molar-refractivity contribution < 1.29 is 4.79 Å². The van der Waals surface area contributed by atoms with E-state index < -0.39 is 0 Å². The van der Waals surface area contributed by atoms with Crippen LogP contribution in [0.3, 0.4) is 0 Å². The van der Waals surface area contributed by atoms with E-state index in [-0.39, 0.29) is 11.9 Å². The molecule has 1 unspecified atom stereocenters. The number of benzene rings is 1. The van der Waals surface area contributed by atoms with E-state index in [1.54, 1.807) is 18.2 Å². The molecule has 2 rings (SSSR count). The Balaban J connectivity index is 2.04. The van der Waals surface area contributed by atoms with Crippen molar-refractivity contribution in [2.24, 2.45) is 0 Å². The zero-order valence-corrected chi connectivity index (χ0v) is 14.2. The van der Waals surface area contributed by atoms with Gasteiger partial charge in [-0.25, -0.2) is 0 Å². The highest BCUT2D eigenvalue weighted by Crippen LogP contribution is 2.26. The Kier molecular flexibility index (Phi) is 6.09. The summed E-state index contributed by atoms with van der Waals surface area (Å²) in [5, 5.41) is 3.42. The number of hydrogen-bond acceptors (Lipinski definition) is 3.